The number of hydrogen-bond donors (Lipinski definition) is 0. The van der Waals surface area contributed by atoms with Crippen LogP contribution in [0.5, 0.6) is 0 Å². The monoisotopic (exact) mass is 475 g/mol. The number of rotatable bonds is 5. The minimum atomic E-state index is -3.73. The summed E-state index contributed by atoms with van der Waals surface area (Å²) in [6.07, 6.45) is 2.86. The predicted molar refractivity (Wildman–Crippen MR) is 111 cm³/mol. The molecule has 0 amide bonds. The Morgan fingerprint density at radius 1 is 0.786 bits per heavy atom. The predicted octanol–water partition coefficient (Wildman–Crippen LogP) is 5.02. The van der Waals surface area contributed by atoms with E-state index in [1.807, 2.05) is 30.3 Å². The van der Waals surface area contributed by atoms with Gasteiger partial charge < -0.3 is 0 Å². The molecule has 2 aromatic carbocycles. The Kier molecular flexibility index (Phi) is 9.34. The Balaban J connectivity index is 0.000000878. The van der Waals surface area contributed by atoms with E-state index in [1.54, 1.807) is 42.6 Å². The molecule has 1 heterocycles. The van der Waals surface area contributed by atoms with Crippen LogP contribution in [0.1, 0.15) is 11.4 Å². The van der Waals surface area contributed by atoms with Crippen LogP contribution in [-0.4, -0.2) is 25.8 Å². The number of pyridine rings is 1. The average Bonchev–Trinajstić information content (AvgIpc) is 2.73. The maximum absolute atomic E-state index is 12.1. The van der Waals surface area contributed by atoms with Gasteiger partial charge in [-0.3, -0.25) is 4.99 Å². The summed E-state index contributed by atoms with van der Waals surface area (Å²) < 4.78 is 28.0. The minimum absolute atomic E-state index is 0.146. The van der Waals surface area contributed by atoms with E-state index in [1.165, 1.54) is 18.3 Å². The first-order valence-corrected chi connectivity index (χ1v) is 12.3. The van der Waals surface area contributed by atoms with Gasteiger partial charge in [0.25, 0.3) is 10.0 Å². The summed E-state index contributed by atoms with van der Waals surface area (Å²) >= 11 is 0.194. The molecule has 9 heteroatoms. The molecule has 0 saturated carbocycles. The summed E-state index contributed by atoms with van der Waals surface area (Å²) in [4.78, 5) is 8.79. The van der Waals surface area contributed by atoms with Gasteiger partial charge in [0.05, 0.1) is 34.4 Å². The van der Waals surface area contributed by atoms with E-state index < -0.39 is 10.0 Å². The molecule has 3 rings (SSSR count). The molecule has 0 aliphatic carbocycles. The number of sulfonamides is 1. The molecule has 0 aliphatic rings. The molecular formula is C19H15Cl2FeN3O2S. The SMILES string of the molecule is O=S(=O)(/N=C/c1cccc(C=Nc2ccccc2)n1)c1ccccc1.[Cl][Fe][Cl]. The van der Waals surface area contributed by atoms with E-state index in [-0.39, 0.29) is 18.0 Å². The number of benzene rings is 2. The first-order valence-electron chi connectivity index (χ1n) is 7.82. The van der Waals surface area contributed by atoms with Crippen molar-refractivity contribution in [3.63, 3.8) is 0 Å². The Labute approximate surface area is 178 Å². The second-order valence-corrected chi connectivity index (χ2v) is 8.61. The third-order valence-corrected chi connectivity index (χ3v) is 4.51. The van der Waals surface area contributed by atoms with Gasteiger partial charge in [-0.15, -0.1) is 0 Å². The molecule has 1 aromatic heterocycles. The van der Waals surface area contributed by atoms with Crippen molar-refractivity contribution < 1.29 is 21.6 Å². The molecule has 5 nitrogen and oxygen atoms in total. The van der Waals surface area contributed by atoms with Crippen molar-refractivity contribution in [3.05, 3.63) is 90.3 Å². The van der Waals surface area contributed by atoms with Gasteiger partial charge in [0, 0.05) is 0 Å². The van der Waals surface area contributed by atoms with Crippen LogP contribution in [0.2, 0.25) is 0 Å². The fourth-order valence-electron chi connectivity index (χ4n) is 2.04. The van der Waals surface area contributed by atoms with E-state index in [2.05, 4.69) is 14.4 Å². The van der Waals surface area contributed by atoms with Gasteiger partial charge in [-0.05, 0) is 36.4 Å². The summed E-state index contributed by atoms with van der Waals surface area (Å²) in [5, 5.41) is 0. The number of para-hydroxylation sites is 1. The van der Waals surface area contributed by atoms with Crippen LogP contribution in [0.3, 0.4) is 0 Å². The van der Waals surface area contributed by atoms with E-state index in [4.69, 9.17) is 20.2 Å². The molecule has 0 atom stereocenters. The topological polar surface area (TPSA) is 71.8 Å². The molecule has 146 valence electrons. The van der Waals surface area contributed by atoms with Crippen LogP contribution in [0.25, 0.3) is 0 Å². The Morgan fingerprint density at radius 2 is 1.32 bits per heavy atom. The van der Waals surface area contributed by atoms with Crippen molar-refractivity contribution >= 4 is 48.3 Å². The van der Waals surface area contributed by atoms with Crippen LogP contribution in [0.15, 0.2) is 93.1 Å². The van der Waals surface area contributed by atoms with Gasteiger partial charge in [0.1, 0.15) is 0 Å². The molecule has 0 aliphatic heterocycles. The average molecular weight is 476 g/mol. The third kappa shape index (κ3) is 7.54. The molecule has 0 N–H and O–H groups in total. The maximum atomic E-state index is 12.1. The molecule has 0 spiro atoms. The molecular weight excluding hydrogens is 461 g/mol. The standard InChI is InChI=1S/C19H15N3O2S.2ClH.Fe/c23-25(24,19-12-5-2-6-13-19)21-15-18-11-7-10-17(22-18)14-20-16-8-3-1-4-9-16;;;/h1-15H;2*1H;/q;;;+2/p-2/b20-14?,21-15+;;;. The molecule has 0 saturated heterocycles. The Hall–Kier alpha value is -2.02. The van der Waals surface area contributed by atoms with Gasteiger partial charge in [-0.1, -0.05) is 42.5 Å². The fraction of sp³-hybridized carbons (Fsp3) is 0. The summed E-state index contributed by atoms with van der Waals surface area (Å²) in [7, 11) is 5.80. The van der Waals surface area contributed by atoms with Crippen molar-refractivity contribution in [3.8, 4) is 0 Å². The Morgan fingerprint density at radius 3 is 1.93 bits per heavy atom. The van der Waals surface area contributed by atoms with Crippen LogP contribution < -0.4 is 0 Å². The van der Waals surface area contributed by atoms with Crippen LogP contribution in [0.4, 0.5) is 5.69 Å². The van der Waals surface area contributed by atoms with Gasteiger partial charge in [0.2, 0.25) is 0 Å². The molecule has 3 aromatic rings. The quantitative estimate of drug-likeness (QED) is 0.384. The summed E-state index contributed by atoms with van der Waals surface area (Å²) in [5.74, 6) is 0. The Bertz CT molecular complexity index is 1030. The second-order valence-electron chi connectivity index (χ2n) is 5.15. The zero-order valence-electron chi connectivity index (χ0n) is 14.3. The zero-order valence-corrected chi connectivity index (χ0v) is 17.8. The molecule has 0 fully saturated rings. The molecule has 0 unspecified atom stereocenters. The zero-order chi connectivity index (χ0) is 20.2. The van der Waals surface area contributed by atoms with Gasteiger partial charge in [0.15, 0.2) is 0 Å². The van der Waals surface area contributed by atoms with E-state index in [0.29, 0.717) is 11.4 Å². The van der Waals surface area contributed by atoms with E-state index in [0.717, 1.165) is 5.69 Å². The normalized spacial score (nSPS) is 11.5. The third-order valence-electron chi connectivity index (χ3n) is 3.26. The number of halogens is 2. The molecule has 0 radical (unpaired) electrons. The molecule has 0 bridgehead atoms. The summed E-state index contributed by atoms with van der Waals surface area (Å²) in [6, 6.07) is 22.8. The molecule has 28 heavy (non-hydrogen) atoms. The van der Waals surface area contributed by atoms with Crippen molar-refractivity contribution in [1.82, 2.24) is 4.98 Å². The number of nitrogens with zero attached hydrogens (tertiary/aromatic N) is 3. The van der Waals surface area contributed by atoms with Gasteiger partial charge in [-0.25, -0.2) is 4.98 Å². The second kappa shape index (κ2) is 11.7. The fourth-order valence-corrected chi connectivity index (χ4v) is 2.91. The van der Waals surface area contributed by atoms with Crippen molar-refractivity contribution in [2.45, 2.75) is 4.90 Å². The summed E-state index contributed by atoms with van der Waals surface area (Å²) in [5.41, 5.74) is 1.87. The van der Waals surface area contributed by atoms with Crippen molar-refractivity contribution in [1.29, 1.82) is 0 Å². The van der Waals surface area contributed by atoms with Crippen LogP contribution in [-0.2, 0) is 23.2 Å². The number of aliphatic imine (C=N–C) groups is 1. The van der Waals surface area contributed by atoms with Crippen LogP contribution in [0, 0.1) is 0 Å². The van der Waals surface area contributed by atoms with Crippen molar-refractivity contribution in [2.24, 2.45) is 9.39 Å². The van der Waals surface area contributed by atoms with Crippen molar-refractivity contribution in [2.75, 3.05) is 0 Å². The van der Waals surface area contributed by atoms with Gasteiger partial charge >= 0.3 is 33.3 Å². The number of aromatic nitrogens is 1. The van der Waals surface area contributed by atoms with E-state index >= 15 is 0 Å². The van der Waals surface area contributed by atoms with Gasteiger partial charge in [-0.2, -0.15) is 12.8 Å². The first kappa shape index (κ1) is 22.3. The summed E-state index contributed by atoms with van der Waals surface area (Å²) in [6.45, 7) is 0. The first-order chi connectivity index (χ1) is 13.5. The van der Waals surface area contributed by atoms with Crippen LogP contribution >= 0.6 is 20.2 Å². The number of hydrogen-bond acceptors (Lipinski definition) is 4. The van der Waals surface area contributed by atoms with E-state index in [9.17, 15) is 8.42 Å².